The highest BCUT2D eigenvalue weighted by atomic mass is 16.3. The zero-order valence-electron chi connectivity index (χ0n) is 14.1. The zero-order chi connectivity index (χ0) is 15.9. The fourth-order valence-corrected chi connectivity index (χ4v) is 3.41. The summed E-state index contributed by atoms with van der Waals surface area (Å²) in [5.41, 5.74) is 2.47. The number of benzene rings is 1. The van der Waals surface area contributed by atoms with Gasteiger partial charge in [-0.25, -0.2) is 0 Å². The number of piperidine rings is 1. The molecular formula is C18H27N3O. The van der Waals surface area contributed by atoms with E-state index < -0.39 is 5.60 Å². The van der Waals surface area contributed by atoms with Crippen LogP contribution in [0.1, 0.15) is 37.9 Å². The summed E-state index contributed by atoms with van der Waals surface area (Å²) in [6.45, 7) is 6.04. The molecule has 0 radical (unpaired) electrons. The summed E-state index contributed by atoms with van der Waals surface area (Å²) in [6, 6.07) is 6.20. The largest absolute Gasteiger partial charge is 0.386 e. The molecule has 0 atom stereocenters. The highest BCUT2D eigenvalue weighted by Crippen LogP contribution is 2.29. The van der Waals surface area contributed by atoms with Crippen LogP contribution in [-0.4, -0.2) is 39.9 Å². The van der Waals surface area contributed by atoms with Crippen LogP contribution in [0.25, 0.3) is 10.9 Å². The molecule has 0 aliphatic carbocycles. The van der Waals surface area contributed by atoms with Gasteiger partial charge in [0.15, 0.2) is 0 Å². The first-order valence-corrected chi connectivity index (χ1v) is 8.21. The van der Waals surface area contributed by atoms with Crippen molar-refractivity contribution in [3.63, 3.8) is 0 Å². The lowest BCUT2D eigenvalue weighted by atomic mass is 9.90. The second-order valence-electron chi connectivity index (χ2n) is 7.31. The van der Waals surface area contributed by atoms with Gasteiger partial charge < -0.3 is 10.0 Å². The van der Waals surface area contributed by atoms with Crippen LogP contribution in [0.15, 0.2) is 18.2 Å². The first-order valence-electron chi connectivity index (χ1n) is 8.21. The second kappa shape index (κ2) is 5.67. The Hall–Kier alpha value is -1.39. The van der Waals surface area contributed by atoms with Crippen LogP contribution in [0, 0.1) is 5.92 Å². The van der Waals surface area contributed by atoms with Crippen molar-refractivity contribution < 1.29 is 5.11 Å². The van der Waals surface area contributed by atoms with E-state index in [1.807, 2.05) is 31.6 Å². The summed E-state index contributed by atoms with van der Waals surface area (Å²) < 4.78 is 1.97. The van der Waals surface area contributed by atoms with E-state index in [4.69, 9.17) is 5.10 Å². The minimum atomic E-state index is -0.811. The fourth-order valence-electron chi connectivity index (χ4n) is 3.41. The van der Waals surface area contributed by atoms with E-state index in [2.05, 4.69) is 24.1 Å². The summed E-state index contributed by atoms with van der Waals surface area (Å²) in [5.74, 6) is 0.722. The quantitative estimate of drug-likeness (QED) is 0.947. The monoisotopic (exact) mass is 301 g/mol. The highest BCUT2D eigenvalue weighted by Gasteiger charge is 2.22. The van der Waals surface area contributed by atoms with Crippen molar-refractivity contribution in [2.75, 3.05) is 20.1 Å². The average molecular weight is 301 g/mol. The predicted molar refractivity (Wildman–Crippen MR) is 89.9 cm³/mol. The lowest BCUT2D eigenvalue weighted by Crippen LogP contribution is -2.31. The van der Waals surface area contributed by atoms with Crippen LogP contribution in [0.4, 0.5) is 0 Å². The van der Waals surface area contributed by atoms with Crippen molar-refractivity contribution in [3.05, 3.63) is 29.5 Å². The molecule has 1 aromatic heterocycles. The summed E-state index contributed by atoms with van der Waals surface area (Å²) in [5, 5.41) is 16.2. The van der Waals surface area contributed by atoms with Crippen LogP contribution in [0.2, 0.25) is 0 Å². The van der Waals surface area contributed by atoms with Gasteiger partial charge in [-0.3, -0.25) is 4.68 Å². The van der Waals surface area contributed by atoms with Crippen LogP contribution in [0.5, 0.6) is 0 Å². The number of hydrogen-bond donors (Lipinski definition) is 1. The molecule has 1 aliphatic rings. The summed E-state index contributed by atoms with van der Waals surface area (Å²) in [6.07, 6.45) is 3.54. The van der Waals surface area contributed by atoms with E-state index in [1.54, 1.807) is 0 Å². The third kappa shape index (κ3) is 3.03. The van der Waals surface area contributed by atoms with E-state index in [1.165, 1.54) is 37.0 Å². The maximum atomic E-state index is 10.3. The molecule has 2 heterocycles. The molecule has 120 valence electrons. The average Bonchev–Trinajstić information content (AvgIpc) is 2.77. The molecule has 3 rings (SSSR count). The van der Waals surface area contributed by atoms with Crippen LogP contribution < -0.4 is 0 Å². The van der Waals surface area contributed by atoms with E-state index in [0.29, 0.717) is 0 Å². The number of aryl methyl sites for hydroxylation is 1. The molecule has 1 N–H and O–H groups in total. The van der Waals surface area contributed by atoms with Crippen LogP contribution in [-0.2, 0) is 19.1 Å². The maximum absolute atomic E-state index is 10.3. The molecule has 1 aliphatic heterocycles. The molecule has 0 bridgehead atoms. The molecule has 0 amide bonds. The van der Waals surface area contributed by atoms with Crippen molar-refractivity contribution in [1.82, 2.24) is 14.7 Å². The first kappa shape index (κ1) is 15.5. The number of aromatic nitrogens is 2. The van der Waals surface area contributed by atoms with E-state index in [-0.39, 0.29) is 0 Å². The van der Waals surface area contributed by atoms with Gasteiger partial charge in [0.1, 0.15) is 0 Å². The van der Waals surface area contributed by atoms with Crippen molar-refractivity contribution in [3.8, 4) is 0 Å². The Kier molecular flexibility index (Phi) is 4.00. The highest BCUT2D eigenvalue weighted by molar-refractivity contribution is 5.83. The molecule has 0 spiro atoms. The Bertz CT molecular complexity index is 661. The summed E-state index contributed by atoms with van der Waals surface area (Å²) in [7, 11) is 4.20. The Labute approximate surface area is 132 Å². The lowest BCUT2D eigenvalue weighted by Gasteiger charge is -2.28. The molecule has 1 fully saturated rings. The van der Waals surface area contributed by atoms with Crippen molar-refractivity contribution >= 4 is 10.9 Å². The second-order valence-corrected chi connectivity index (χ2v) is 7.31. The van der Waals surface area contributed by atoms with Gasteiger partial charge in [0, 0.05) is 12.4 Å². The zero-order valence-corrected chi connectivity index (χ0v) is 14.1. The van der Waals surface area contributed by atoms with Gasteiger partial charge >= 0.3 is 0 Å². The van der Waals surface area contributed by atoms with E-state index in [9.17, 15) is 5.11 Å². The number of nitrogens with zero attached hydrogens (tertiary/aromatic N) is 3. The number of rotatable bonds is 3. The van der Waals surface area contributed by atoms with Crippen molar-refractivity contribution in [2.24, 2.45) is 13.0 Å². The molecule has 22 heavy (non-hydrogen) atoms. The minimum Gasteiger partial charge on any atom is -0.386 e. The van der Waals surface area contributed by atoms with E-state index >= 15 is 0 Å². The Morgan fingerprint density at radius 1 is 1.23 bits per heavy atom. The molecule has 0 unspecified atom stereocenters. The molecule has 4 heteroatoms. The smallest absolute Gasteiger partial charge is 0.0840 e. The standard InChI is InChI=1S/C18H27N3O/c1-18(2,22)14-5-6-17-15(12-14)16(19-21(17)4)11-13-7-9-20(3)10-8-13/h5-6,12-13,22H,7-11H2,1-4H3. The summed E-state index contributed by atoms with van der Waals surface area (Å²) in [4.78, 5) is 2.40. The summed E-state index contributed by atoms with van der Waals surface area (Å²) >= 11 is 0. The van der Waals surface area contributed by atoms with Gasteiger partial charge in [0.2, 0.25) is 0 Å². The molecular weight excluding hydrogens is 274 g/mol. The molecule has 4 nitrogen and oxygen atoms in total. The van der Waals surface area contributed by atoms with Crippen molar-refractivity contribution in [1.29, 1.82) is 0 Å². The topological polar surface area (TPSA) is 41.3 Å². The van der Waals surface area contributed by atoms with Gasteiger partial charge in [-0.15, -0.1) is 0 Å². The normalized spacial score (nSPS) is 18.2. The van der Waals surface area contributed by atoms with E-state index in [0.717, 1.165) is 23.4 Å². The van der Waals surface area contributed by atoms with Gasteiger partial charge in [-0.05, 0) is 76.9 Å². The fraction of sp³-hybridized carbons (Fsp3) is 0.611. The van der Waals surface area contributed by atoms with Gasteiger partial charge in [0.25, 0.3) is 0 Å². The molecule has 0 saturated carbocycles. The van der Waals surface area contributed by atoms with Crippen LogP contribution in [0.3, 0.4) is 0 Å². The Balaban J connectivity index is 1.91. The van der Waals surface area contributed by atoms with Gasteiger partial charge in [0.05, 0.1) is 16.8 Å². The molecule has 1 aromatic carbocycles. The number of aliphatic hydroxyl groups is 1. The minimum absolute atomic E-state index is 0.722. The predicted octanol–water partition coefficient (Wildman–Crippen LogP) is 2.69. The number of likely N-dealkylation sites (tertiary alicyclic amines) is 1. The SMILES string of the molecule is CN1CCC(Cc2nn(C)c3ccc(C(C)(C)O)cc23)CC1. The Morgan fingerprint density at radius 2 is 1.91 bits per heavy atom. The molecule has 2 aromatic rings. The Morgan fingerprint density at radius 3 is 2.55 bits per heavy atom. The lowest BCUT2D eigenvalue weighted by molar-refractivity contribution is 0.0787. The van der Waals surface area contributed by atoms with Gasteiger partial charge in [-0.1, -0.05) is 6.07 Å². The third-order valence-corrected chi connectivity index (χ3v) is 4.95. The number of hydrogen-bond acceptors (Lipinski definition) is 3. The molecule has 1 saturated heterocycles. The van der Waals surface area contributed by atoms with Gasteiger partial charge in [-0.2, -0.15) is 5.10 Å². The number of fused-ring (bicyclic) bond motifs is 1. The third-order valence-electron chi connectivity index (χ3n) is 4.95. The maximum Gasteiger partial charge on any atom is 0.0840 e. The van der Waals surface area contributed by atoms with Crippen LogP contribution >= 0.6 is 0 Å². The first-order chi connectivity index (χ1) is 10.3. The van der Waals surface area contributed by atoms with Crippen molar-refractivity contribution in [2.45, 2.75) is 38.7 Å².